The Morgan fingerprint density at radius 3 is 2.56 bits per heavy atom. The van der Waals surface area contributed by atoms with E-state index >= 15 is 0 Å². The van der Waals surface area contributed by atoms with Crippen molar-refractivity contribution in [1.82, 2.24) is 15.5 Å². The molecule has 0 aliphatic carbocycles. The van der Waals surface area contributed by atoms with Crippen LogP contribution >= 0.6 is 23.2 Å². The van der Waals surface area contributed by atoms with Crippen LogP contribution in [0.1, 0.15) is 19.7 Å². The fourth-order valence-corrected chi connectivity index (χ4v) is 1.63. The van der Waals surface area contributed by atoms with E-state index < -0.39 is 0 Å². The highest BCUT2D eigenvalue weighted by Crippen LogP contribution is 2.28. The molecule has 0 amide bonds. The predicted molar refractivity (Wildman–Crippen MR) is 71.8 cm³/mol. The lowest BCUT2D eigenvalue weighted by Crippen LogP contribution is -2.33. The third-order valence-corrected chi connectivity index (χ3v) is 3.50. The van der Waals surface area contributed by atoms with Crippen molar-refractivity contribution in [3.05, 3.63) is 34.1 Å². The van der Waals surface area contributed by atoms with Gasteiger partial charge in [0.2, 0.25) is 11.7 Å². The van der Waals surface area contributed by atoms with Gasteiger partial charge in [-0.25, -0.2) is 0 Å². The molecule has 1 aromatic heterocycles. The molecule has 0 fully saturated rings. The molecule has 0 bridgehead atoms. The zero-order valence-electron chi connectivity index (χ0n) is 10.3. The van der Waals surface area contributed by atoms with E-state index in [1.807, 2.05) is 20.9 Å². The molecule has 0 spiro atoms. The number of halogens is 2. The van der Waals surface area contributed by atoms with Gasteiger partial charge in [-0.1, -0.05) is 28.4 Å². The van der Waals surface area contributed by atoms with Crippen LogP contribution in [0.4, 0.5) is 0 Å². The van der Waals surface area contributed by atoms with Gasteiger partial charge in [0.25, 0.3) is 0 Å². The third kappa shape index (κ3) is 2.51. The highest BCUT2D eigenvalue weighted by Gasteiger charge is 2.25. The lowest BCUT2D eigenvalue weighted by Gasteiger charge is -2.17. The molecule has 2 aromatic rings. The van der Waals surface area contributed by atoms with E-state index in [1.54, 1.807) is 18.2 Å². The molecule has 1 heterocycles. The van der Waals surface area contributed by atoms with E-state index in [2.05, 4.69) is 15.5 Å². The van der Waals surface area contributed by atoms with Crippen LogP contribution in [-0.4, -0.2) is 17.2 Å². The molecule has 6 heteroatoms. The van der Waals surface area contributed by atoms with Crippen LogP contribution in [-0.2, 0) is 5.54 Å². The minimum atomic E-state index is -0.374. The van der Waals surface area contributed by atoms with E-state index in [4.69, 9.17) is 27.7 Å². The van der Waals surface area contributed by atoms with E-state index in [-0.39, 0.29) is 5.54 Å². The van der Waals surface area contributed by atoms with Crippen LogP contribution < -0.4 is 5.32 Å². The van der Waals surface area contributed by atoms with Crippen molar-refractivity contribution < 1.29 is 4.52 Å². The highest BCUT2D eigenvalue weighted by atomic mass is 35.5. The first kappa shape index (κ1) is 13.3. The number of aromatic nitrogens is 2. The molecule has 1 aromatic carbocycles. The van der Waals surface area contributed by atoms with Gasteiger partial charge in [0.1, 0.15) is 0 Å². The Morgan fingerprint density at radius 1 is 1.22 bits per heavy atom. The van der Waals surface area contributed by atoms with Crippen LogP contribution in [0.25, 0.3) is 11.4 Å². The van der Waals surface area contributed by atoms with Crippen molar-refractivity contribution in [2.75, 3.05) is 7.05 Å². The van der Waals surface area contributed by atoms with E-state index in [1.165, 1.54) is 0 Å². The summed E-state index contributed by atoms with van der Waals surface area (Å²) in [5.41, 5.74) is 0.396. The molecule has 0 saturated heterocycles. The van der Waals surface area contributed by atoms with Crippen molar-refractivity contribution >= 4 is 23.2 Å². The Morgan fingerprint density at radius 2 is 1.94 bits per heavy atom. The van der Waals surface area contributed by atoms with Gasteiger partial charge in [0, 0.05) is 5.56 Å². The average Bonchev–Trinajstić information content (AvgIpc) is 2.83. The number of hydrogen-bond acceptors (Lipinski definition) is 4. The van der Waals surface area contributed by atoms with E-state index in [0.717, 1.165) is 5.56 Å². The van der Waals surface area contributed by atoms with Gasteiger partial charge in [0.15, 0.2) is 0 Å². The van der Waals surface area contributed by atoms with Gasteiger partial charge in [-0.15, -0.1) is 0 Å². The summed E-state index contributed by atoms with van der Waals surface area (Å²) in [6.45, 7) is 3.91. The number of nitrogens with one attached hydrogen (secondary N) is 1. The fourth-order valence-electron chi connectivity index (χ4n) is 1.34. The predicted octanol–water partition coefficient (Wildman–Crippen LogP) is 3.50. The van der Waals surface area contributed by atoms with Crippen LogP contribution in [0.15, 0.2) is 22.7 Å². The zero-order valence-corrected chi connectivity index (χ0v) is 11.8. The Bertz CT molecular complexity index is 566. The second kappa shape index (κ2) is 4.88. The topological polar surface area (TPSA) is 51.0 Å². The lowest BCUT2D eigenvalue weighted by atomic mass is 10.1. The van der Waals surface area contributed by atoms with Crippen molar-refractivity contribution in [1.29, 1.82) is 0 Å². The summed E-state index contributed by atoms with van der Waals surface area (Å²) in [5.74, 6) is 1.01. The van der Waals surface area contributed by atoms with Gasteiger partial charge >= 0.3 is 0 Å². The largest absolute Gasteiger partial charge is 0.337 e. The van der Waals surface area contributed by atoms with Crippen LogP contribution in [0, 0.1) is 0 Å². The van der Waals surface area contributed by atoms with Gasteiger partial charge in [-0.2, -0.15) is 4.98 Å². The Hall–Kier alpha value is -1.10. The Labute approximate surface area is 115 Å². The summed E-state index contributed by atoms with van der Waals surface area (Å²) < 4.78 is 5.25. The molecule has 4 nitrogen and oxygen atoms in total. The minimum absolute atomic E-state index is 0.374. The Kier molecular flexibility index (Phi) is 3.61. The van der Waals surface area contributed by atoms with Gasteiger partial charge in [-0.05, 0) is 39.1 Å². The highest BCUT2D eigenvalue weighted by molar-refractivity contribution is 6.42. The molecular weight excluding hydrogens is 273 g/mol. The minimum Gasteiger partial charge on any atom is -0.337 e. The molecule has 96 valence electrons. The lowest BCUT2D eigenvalue weighted by molar-refractivity contribution is 0.281. The second-order valence-electron chi connectivity index (χ2n) is 4.43. The molecule has 0 atom stereocenters. The maximum absolute atomic E-state index is 5.96. The number of benzene rings is 1. The zero-order chi connectivity index (χ0) is 13.3. The summed E-state index contributed by atoms with van der Waals surface area (Å²) in [6, 6.07) is 5.22. The maximum Gasteiger partial charge on any atom is 0.246 e. The van der Waals surface area contributed by atoms with Crippen molar-refractivity contribution in [2.24, 2.45) is 0 Å². The Balaban J connectivity index is 2.38. The van der Waals surface area contributed by atoms with Gasteiger partial charge < -0.3 is 9.84 Å². The monoisotopic (exact) mass is 285 g/mol. The molecule has 0 saturated carbocycles. The van der Waals surface area contributed by atoms with Crippen molar-refractivity contribution in [2.45, 2.75) is 19.4 Å². The molecular formula is C12H13Cl2N3O. The molecule has 18 heavy (non-hydrogen) atoms. The number of rotatable bonds is 3. The fraction of sp³-hybridized carbons (Fsp3) is 0.333. The van der Waals surface area contributed by atoms with Crippen LogP contribution in [0.2, 0.25) is 10.0 Å². The quantitative estimate of drug-likeness (QED) is 0.938. The first-order chi connectivity index (χ1) is 8.44. The van der Waals surface area contributed by atoms with Crippen LogP contribution in [0.5, 0.6) is 0 Å². The molecule has 0 aliphatic heterocycles. The summed E-state index contributed by atoms with van der Waals surface area (Å²) in [5, 5.41) is 8.01. The van der Waals surface area contributed by atoms with Crippen molar-refractivity contribution in [3.8, 4) is 11.4 Å². The smallest absolute Gasteiger partial charge is 0.246 e. The van der Waals surface area contributed by atoms with E-state index in [9.17, 15) is 0 Å². The van der Waals surface area contributed by atoms with Gasteiger partial charge in [0.05, 0.1) is 15.6 Å². The molecule has 0 aliphatic rings. The van der Waals surface area contributed by atoms with Gasteiger partial charge in [-0.3, -0.25) is 0 Å². The third-order valence-electron chi connectivity index (χ3n) is 2.76. The second-order valence-corrected chi connectivity index (χ2v) is 5.24. The normalized spacial score (nSPS) is 11.8. The van der Waals surface area contributed by atoms with E-state index in [0.29, 0.717) is 21.8 Å². The van der Waals surface area contributed by atoms with Crippen LogP contribution in [0.3, 0.4) is 0 Å². The number of hydrogen-bond donors (Lipinski definition) is 1. The summed E-state index contributed by atoms with van der Waals surface area (Å²) in [4.78, 5) is 4.35. The first-order valence-electron chi connectivity index (χ1n) is 5.42. The summed E-state index contributed by atoms with van der Waals surface area (Å²) in [7, 11) is 1.84. The SMILES string of the molecule is CNC(C)(C)c1nc(-c2ccc(Cl)c(Cl)c2)no1. The first-order valence-corrected chi connectivity index (χ1v) is 6.18. The standard InChI is InChI=1S/C12H13Cl2N3O/c1-12(2,15-3)11-16-10(17-18-11)7-4-5-8(13)9(14)6-7/h4-6,15H,1-3H3. The molecule has 0 unspecified atom stereocenters. The molecule has 2 rings (SSSR count). The average molecular weight is 286 g/mol. The molecule has 0 radical (unpaired) electrons. The maximum atomic E-state index is 5.96. The van der Waals surface area contributed by atoms with Crippen molar-refractivity contribution in [3.63, 3.8) is 0 Å². The molecule has 1 N–H and O–H groups in total. The summed E-state index contributed by atoms with van der Waals surface area (Å²) in [6.07, 6.45) is 0. The summed E-state index contributed by atoms with van der Waals surface area (Å²) >= 11 is 11.8. The number of nitrogens with zero attached hydrogens (tertiary/aromatic N) is 2.